The number of hydrogen-bond donors (Lipinski definition) is 0. The molecule has 88 heavy (non-hydrogen) atoms. The van der Waals surface area contributed by atoms with Crippen LogP contribution in [0, 0.1) is 308 Å². The average molecular weight is 2540 g/mol. The fourth-order valence-corrected chi connectivity index (χ4v) is 9.01. The summed E-state index contributed by atoms with van der Waals surface area (Å²) < 4.78 is 25.7. The van der Waals surface area contributed by atoms with Crippen LogP contribution in [-0.2, 0) is 38.5 Å². The Morgan fingerprint density at radius 1 is 0.386 bits per heavy atom. The van der Waals surface area contributed by atoms with Gasteiger partial charge in [-0.05, 0) is 114 Å². The SMILES string of the molecule is [CH2-]Cc1cc(F)ccc1C=CCC.[CH2-]Cc1ccc(F)cc1C=CCC.[CH2-]Cc1ccccc1/C=C\CC.[CH2-]Cc1ccccc1C#CCC.[CH2-]Cc1ccccc1[C@@H]1C[C@@H]1CC.[CH2-]Cc1ccccc1[C@H]1C[C@@H]1CC.[CH3-].[CH3-].[CH3-].[CH3-].[CH3-].[CH3-].[U+2].[U+2].[U+2].[U+2].[U+2].[U+2]. The van der Waals surface area contributed by atoms with Crippen molar-refractivity contribution in [2.24, 2.45) is 11.8 Å². The van der Waals surface area contributed by atoms with E-state index in [4.69, 9.17) is 0 Å². The minimum absolute atomic E-state index is 0. The first-order valence-electron chi connectivity index (χ1n) is 28.2. The fourth-order valence-electron chi connectivity index (χ4n) is 9.01. The second-order valence-corrected chi connectivity index (χ2v) is 19.0. The molecule has 0 spiro atoms. The molecular weight excluding hydrogens is 2430 g/mol. The molecule has 0 radical (unpaired) electrons. The van der Waals surface area contributed by atoms with Crippen LogP contribution in [0.2, 0.25) is 0 Å². The average Bonchev–Trinajstić information content (AvgIpc) is 3.55. The molecular formula is C80H108F2U6. The van der Waals surface area contributed by atoms with Crippen molar-refractivity contribution in [2.45, 2.75) is 143 Å². The minimum atomic E-state index is -0.188. The zero-order valence-electron chi connectivity index (χ0n) is 56.4. The Hall–Kier alpha value is 0.272. The molecule has 2 saturated carbocycles. The molecule has 8 rings (SSSR count). The van der Waals surface area contributed by atoms with Gasteiger partial charge in [-0.2, -0.15) is 38.5 Å². The maximum absolute atomic E-state index is 12.9. The summed E-state index contributed by atoms with van der Waals surface area (Å²) in [6, 6.07) is 43.7. The molecule has 2 fully saturated rings. The summed E-state index contributed by atoms with van der Waals surface area (Å²) in [5.41, 5.74) is 15.1. The normalized spacial score (nSPS) is 13.6. The van der Waals surface area contributed by atoms with Gasteiger partial charge < -0.3 is 86.1 Å². The van der Waals surface area contributed by atoms with Crippen molar-refractivity contribution in [1.29, 1.82) is 0 Å². The van der Waals surface area contributed by atoms with Gasteiger partial charge in [0.15, 0.2) is 0 Å². The van der Waals surface area contributed by atoms with Crippen molar-refractivity contribution in [3.8, 4) is 11.8 Å². The molecule has 6 aromatic carbocycles. The van der Waals surface area contributed by atoms with E-state index in [1.54, 1.807) is 35.4 Å². The molecule has 0 heterocycles. The van der Waals surface area contributed by atoms with E-state index in [1.807, 2.05) is 36.4 Å². The molecule has 0 aromatic heterocycles. The molecule has 2 aliphatic rings. The smallest absolute Gasteiger partial charge is 0.358 e. The molecule has 0 bridgehead atoms. The van der Waals surface area contributed by atoms with Crippen molar-refractivity contribution in [3.05, 3.63) is 316 Å². The van der Waals surface area contributed by atoms with Gasteiger partial charge in [-0.1, -0.05) is 239 Å². The van der Waals surface area contributed by atoms with E-state index in [2.05, 4.69) is 192 Å². The summed E-state index contributed by atoms with van der Waals surface area (Å²) in [6.45, 7) is 36.2. The maximum Gasteiger partial charge on any atom is 2.00 e. The second kappa shape index (κ2) is 67.3. The zero-order valence-corrected chi connectivity index (χ0v) is 81.4. The Bertz CT molecular complexity index is 2670. The van der Waals surface area contributed by atoms with Crippen molar-refractivity contribution in [2.75, 3.05) is 0 Å². The van der Waals surface area contributed by atoms with E-state index in [0.29, 0.717) is 12.8 Å². The largest absolute Gasteiger partial charge is 2.00 e. The van der Waals surface area contributed by atoms with Gasteiger partial charge in [0.1, 0.15) is 11.6 Å². The van der Waals surface area contributed by atoms with Gasteiger partial charge in [0.2, 0.25) is 0 Å². The molecule has 0 unspecified atom stereocenters. The molecule has 6 aromatic rings. The number of allylic oxidation sites excluding steroid dienone is 3. The molecule has 2 aliphatic carbocycles. The summed E-state index contributed by atoms with van der Waals surface area (Å²) in [7, 11) is 0. The molecule has 0 saturated heterocycles. The Labute approximate surface area is 686 Å². The topological polar surface area (TPSA) is 0 Å². The van der Waals surface area contributed by atoms with Crippen LogP contribution in [0.3, 0.4) is 0 Å². The number of halogens is 2. The summed E-state index contributed by atoms with van der Waals surface area (Å²) >= 11 is 0. The van der Waals surface area contributed by atoms with Gasteiger partial charge in [0, 0.05) is 12.0 Å². The van der Waals surface area contributed by atoms with E-state index >= 15 is 0 Å². The Morgan fingerprint density at radius 2 is 0.727 bits per heavy atom. The maximum atomic E-state index is 12.9. The van der Waals surface area contributed by atoms with Crippen LogP contribution in [0.15, 0.2) is 152 Å². The van der Waals surface area contributed by atoms with E-state index in [-0.39, 0.29) is 243 Å². The summed E-state index contributed by atoms with van der Waals surface area (Å²) in [5.74, 6) is 9.41. The number of hydrogen-bond acceptors (Lipinski definition) is 0. The van der Waals surface area contributed by atoms with Gasteiger partial charge in [0.05, 0.1) is 0 Å². The Morgan fingerprint density at radius 3 is 1.12 bits per heavy atom. The van der Waals surface area contributed by atoms with Crippen LogP contribution in [0.1, 0.15) is 172 Å². The van der Waals surface area contributed by atoms with E-state index in [0.717, 1.165) is 103 Å². The molecule has 0 nitrogen and oxygen atoms in total. The summed E-state index contributed by atoms with van der Waals surface area (Å²) in [4.78, 5) is 0. The van der Waals surface area contributed by atoms with Gasteiger partial charge in [0.25, 0.3) is 0 Å². The van der Waals surface area contributed by atoms with Crippen molar-refractivity contribution < 1.29 is 195 Å². The van der Waals surface area contributed by atoms with Crippen molar-refractivity contribution >= 4 is 18.2 Å². The van der Waals surface area contributed by atoms with Crippen molar-refractivity contribution in [3.63, 3.8) is 0 Å². The van der Waals surface area contributed by atoms with E-state index in [9.17, 15) is 8.78 Å². The predicted octanol–water partition coefficient (Wildman–Crippen LogP) is 23.4. The van der Waals surface area contributed by atoms with Crippen LogP contribution in [0.4, 0.5) is 8.78 Å². The molecule has 0 aliphatic heterocycles. The molecule has 8 heteroatoms. The Balaban J connectivity index is -0.000000101. The number of benzene rings is 6. The molecule has 0 amide bonds. The van der Waals surface area contributed by atoms with Gasteiger partial charge >= 0.3 is 187 Å². The third kappa shape index (κ3) is 42.0. The first-order chi connectivity index (χ1) is 37.0. The Kier molecular flexibility index (Phi) is 83.9. The van der Waals surface area contributed by atoms with Crippen LogP contribution in [-0.4, -0.2) is 0 Å². The van der Waals surface area contributed by atoms with Crippen molar-refractivity contribution in [1.82, 2.24) is 0 Å². The van der Waals surface area contributed by atoms with Crippen LogP contribution >= 0.6 is 0 Å². The first-order valence-corrected chi connectivity index (χ1v) is 28.2. The first kappa shape index (κ1) is 110. The van der Waals surface area contributed by atoms with Gasteiger partial charge in [-0.3, -0.25) is 0 Å². The minimum Gasteiger partial charge on any atom is -0.358 e. The number of rotatable bonds is 16. The second-order valence-electron chi connectivity index (χ2n) is 19.0. The van der Waals surface area contributed by atoms with Crippen LogP contribution < -0.4 is 0 Å². The summed E-state index contributed by atoms with van der Waals surface area (Å²) in [6.07, 6.45) is 26.7. The van der Waals surface area contributed by atoms with E-state index in [1.165, 1.54) is 65.6 Å². The quantitative estimate of drug-likeness (QED) is 0.0669. The predicted molar refractivity (Wildman–Crippen MR) is 369 cm³/mol. The fraction of sp³-hybridized carbons (Fsp3) is 0.300. The van der Waals surface area contributed by atoms with Gasteiger partial charge in [-0.15, -0.1) is 0 Å². The molecule has 466 valence electrons. The third-order valence-electron chi connectivity index (χ3n) is 13.7. The van der Waals surface area contributed by atoms with Crippen LogP contribution in [0.5, 0.6) is 0 Å². The van der Waals surface area contributed by atoms with Gasteiger partial charge in [-0.25, -0.2) is 8.78 Å². The standard InChI is InChI=1S/2C13H17.2C12H14F.C12H15.C12H13.6CH3.6U/c2*1-3-10-7-5-6-8-12(10)13-9-11(13)4-2;1-3-5-6-11-7-8-12(13)9-10(11)4-2;1-3-5-6-11-9-12(13)8-7-10(11)4-2;2*1-3-5-8-12-10-7-6-9-11(12)4-2;;;;;;;;;;;;/h2*5-8,11,13H,1,3-4,9H2,2H3;2*5-9H,2-4H2,1H3;5-10H,2-4H2,1H3;6-7,9-10H,2-4H2,1H3;6*1H3;;;;;;/q12*-1;6*+2/b;;;;8-5-;;;;;;;;;;;;;/t11-,13+;11-,13-;;;;;;;;;;;;;;;;/m00................/s1. The monoisotopic (exact) mass is 2540 g/mol. The molecule has 0 N–H and O–H groups in total. The zero-order chi connectivity index (χ0) is 55.5. The summed E-state index contributed by atoms with van der Waals surface area (Å²) in [5, 5.41) is 0. The molecule has 4 atom stereocenters. The van der Waals surface area contributed by atoms with Crippen LogP contribution in [0.25, 0.3) is 18.2 Å². The third-order valence-corrected chi connectivity index (χ3v) is 13.7. The van der Waals surface area contributed by atoms with E-state index < -0.39 is 0 Å².